The first-order valence-electron chi connectivity index (χ1n) is 6.11. The van der Waals surface area contributed by atoms with Gasteiger partial charge in [-0.3, -0.25) is 0 Å². The van der Waals surface area contributed by atoms with Crippen molar-refractivity contribution >= 4 is 0 Å². The highest BCUT2D eigenvalue weighted by molar-refractivity contribution is 5.36. The second-order valence-corrected chi connectivity index (χ2v) is 4.68. The van der Waals surface area contributed by atoms with Gasteiger partial charge in [0.15, 0.2) is 6.10 Å². The van der Waals surface area contributed by atoms with Gasteiger partial charge < -0.3 is 14.9 Å². The van der Waals surface area contributed by atoms with E-state index in [0.29, 0.717) is 0 Å². The summed E-state index contributed by atoms with van der Waals surface area (Å²) < 4.78 is 11.4. The number of aryl methyl sites for hydroxylation is 2. The van der Waals surface area contributed by atoms with Crippen molar-refractivity contribution in [3.63, 3.8) is 0 Å². The largest absolute Gasteiger partial charge is 0.481 e. The number of furan rings is 1. The molecule has 96 valence electrons. The van der Waals surface area contributed by atoms with Gasteiger partial charge in [0.1, 0.15) is 11.5 Å². The molecule has 0 spiro atoms. The number of hydrogen-bond acceptors (Lipinski definition) is 3. The van der Waals surface area contributed by atoms with Crippen molar-refractivity contribution in [2.45, 2.75) is 32.9 Å². The third kappa shape index (κ3) is 2.74. The molecule has 2 rings (SSSR count). The molecule has 0 saturated heterocycles. The molecular formula is C15H19NO2. The first kappa shape index (κ1) is 12.7. The van der Waals surface area contributed by atoms with Crippen LogP contribution in [0.15, 0.2) is 41.0 Å². The van der Waals surface area contributed by atoms with Crippen LogP contribution in [0.5, 0.6) is 5.75 Å². The van der Waals surface area contributed by atoms with Crippen LogP contribution in [-0.4, -0.2) is 6.04 Å². The lowest BCUT2D eigenvalue weighted by Gasteiger charge is -2.21. The molecule has 3 heteroatoms. The van der Waals surface area contributed by atoms with Crippen molar-refractivity contribution in [1.29, 1.82) is 0 Å². The fourth-order valence-electron chi connectivity index (χ4n) is 1.95. The zero-order chi connectivity index (χ0) is 13.1. The maximum Gasteiger partial charge on any atom is 0.171 e. The summed E-state index contributed by atoms with van der Waals surface area (Å²) in [5.41, 5.74) is 8.29. The number of rotatable bonds is 4. The third-order valence-corrected chi connectivity index (χ3v) is 2.89. The van der Waals surface area contributed by atoms with E-state index < -0.39 is 0 Å². The summed E-state index contributed by atoms with van der Waals surface area (Å²) in [7, 11) is 0. The summed E-state index contributed by atoms with van der Waals surface area (Å²) in [4.78, 5) is 0. The smallest absolute Gasteiger partial charge is 0.171 e. The number of hydrogen-bond donors (Lipinski definition) is 1. The summed E-state index contributed by atoms with van der Waals surface area (Å²) in [6, 6.07) is 9.69. The van der Waals surface area contributed by atoms with Crippen molar-refractivity contribution in [3.05, 3.63) is 53.5 Å². The highest BCUT2D eigenvalue weighted by Crippen LogP contribution is 2.27. The molecule has 2 N–H and O–H groups in total. The van der Waals surface area contributed by atoms with Crippen LogP contribution in [0.4, 0.5) is 0 Å². The van der Waals surface area contributed by atoms with Crippen LogP contribution in [0.2, 0.25) is 0 Å². The molecule has 2 aromatic rings. The van der Waals surface area contributed by atoms with Crippen LogP contribution in [0.1, 0.15) is 29.9 Å². The Morgan fingerprint density at radius 2 is 2.00 bits per heavy atom. The monoisotopic (exact) mass is 245 g/mol. The van der Waals surface area contributed by atoms with Gasteiger partial charge >= 0.3 is 0 Å². The standard InChI is InChI=1S/C15H19NO2/c1-10-6-7-13(11(2)9-10)18-15(12(3)16)14-5-4-8-17-14/h4-9,12,15H,16H2,1-3H3. The molecule has 0 bridgehead atoms. The Labute approximate surface area is 108 Å². The van der Waals surface area contributed by atoms with Crippen molar-refractivity contribution < 1.29 is 9.15 Å². The van der Waals surface area contributed by atoms with Gasteiger partial charge in [-0.1, -0.05) is 17.7 Å². The Hall–Kier alpha value is -1.74. The summed E-state index contributed by atoms with van der Waals surface area (Å²) in [6.45, 7) is 6.01. The zero-order valence-electron chi connectivity index (χ0n) is 11.0. The van der Waals surface area contributed by atoms with Gasteiger partial charge in [0.25, 0.3) is 0 Å². The first-order valence-corrected chi connectivity index (χ1v) is 6.11. The van der Waals surface area contributed by atoms with E-state index in [2.05, 4.69) is 13.0 Å². The van der Waals surface area contributed by atoms with Crippen molar-refractivity contribution in [1.82, 2.24) is 0 Å². The second kappa shape index (κ2) is 5.27. The predicted octanol–water partition coefficient (Wildman–Crippen LogP) is 3.36. The van der Waals surface area contributed by atoms with E-state index in [-0.39, 0.29) is 12.1 Å². The summed E-state index contributed by atoms with van der Waals surface area (Å²) in [6.07, 6.45) is 1.37. The molecule has 0 radical (unpaired) electrons. The fourth-order valence-corrected chi connectivity index (χ4v) is 1.95. The van der Waals surface area contributed by atoms with Gasteiger partial charge in [0.2, 0.25) is 0 Å². The average molecular weight is 245 g/mol. The lowest BCUT2D eigenvalue weighted by Crippen LogP contribution is -2.28. The topological polar surface area (TPSA) is 48.4 Å². The van der Waals surface area contributed by atoms with Crippen LogP contribution >= 0.6 is 0 Å². The molecular weight excluding hydrogens is 226 g/mol. The zero-order valence-corrected chi connectivity index (χ0v) is 11.0. The van der Waals surface area contributed by atoms with Crippen LogP contribution in [0, 0.1) is 13.8 Å². The van der Waals surface area contributed by atoms with E-state index in [4.69, 9.17) is 14.9 Å². The number of ether oxygens (including phenoxy) is 1. The Kier molecular flexibility index (Phi) is 3.72. The minimum atomic E-state index is -0.263. The van der Waals surface area contributed by atoms with Crippen molar-refractivity contribution in [2.75, 3.05) is 0 Å². The average Bonchev–Trinajstić information content (AvgIpc) is 2.80. The molecule has 2 unspecified atom stereocenters. The molecule has 1 aromatic carbocycles. The van der Waals surface area contributed by atoms with Gasteiger partial charge in [-0.15, -0.1) is 0 Å². The minimum Gasteiger partial charge on any atom is -0.481 e. The third-order valence-electron chi connectivity index (χ3n) is 2.89. The van der Waals surface area contributed by atoms with Crippen molar-refractivity contribution in [3.8, 4) is 5.75 Å². The predicted molar refractivity (Wildman–Crippen MR) is 71.6 cm³/mol. The second-order valence-electron chi connectivity index (χ2n) is 4.68. The molecule has 0 aliphatic carbocycles. The maximum absolute atomic E-state index is 5.99. The van der Waals surface area contributed by atoms with Crippen LogP contribution < -0.4 is 10.5 Å². The summed E-state index contributed by atoms with van der Waals surface area (Å²) in [5, 5.41) is 0. The van der Waals surface area contributed by atoms with Gasteiger partial charge in [0, 0.05) is 6.04 Å². The SMILES string of the molecule is Cc1ccc(OC(c2ccco2)C(C)N)c(C)c1. The molecule has 0 saturated carbocycles. The Bertz CT molecular complexity index is 503. The number of nitrogens with two attached hydrogens (primary N) is 1. The molecule has 0 aliphatic heterocycles. The highest BCUT2D eigenvalue weighted by atomic mass is 16.5. The van der Waals surface area contributed by atoms with Gasteiger partial charge in [0.05, 0.1) is 6.26 Å². The molecule has 0 amide bonds. The van der Waals surface area contributed by atoms with Crippen LogP contribution in [-0.2, 0) is 0 Å². The Morgan fingerprint density at radius 3 is 2.56 bits per heavy atom. The van der Waals surface area contributed by atoms with Gasteiger partial charge in [-0.2, -0.15) is 0 Å². The Morgan fingerprint density at radius 1 is 1.22 bits per heavy atom. The molecule has 18 heavy (non-hydrogen) atoms. The summed E-state index contributed by atoms with van der Waals surface area (Å²) in [5.74, 6) is 1.60. The number of benzene rings is 1. The molecule has 1 aromatic heterocycles. The van der Waals surface area contributed by atoms with E-state index in [1.165, 1.54) is 5.56 Å². The van der Waals surface area contributed by atoms with Crippen LogP contribution in [0.25, 0.3) is 0 Å². The highest BCUT2D eigenvalue weighted by Gasteiger charge is 2.21. The molecule has 0 fully saturated rings. The van der Waals surface area contributed by atoms with Crippen molar-refractivity contribution in [2.24, 2.45) is 5.73 Å². The van der Waals surface area contributed by atoms with E-state index >= 15 is 0 Å². The van der Waals surface area contributed by atoms with E-state index in [1.807, 2.05) is 38.1 Å². The van der Waals surface area contributed by atoms with Gasteiger partial charge in [-0.25, -0.2) is 0 Å². The van der Waals surface area contributed by atoms with E-state index in [0.717, 1.165) is 17.1 Å². The molecule has 3 nitrogen and oxygen atoms in total. The Balaban J connectivity index is 2.24. The molecule has 1 heterocycles. The first-order chi connectivity index (χ1) is 8.58. The minimum absolute atomic E-state index is 0.142. The van der Waals surface area contributed by atoms with E-state index in [1.54, 1.807) is 6.26 Å². The quantitative estimate of drug-likeness (QED) is 0.898. The lowest BCUT2D eigenvalue weighted by atomic mass is 10.1. The maximum atomic E-state index is 5.99. The molecule has 2 atom stereocenters. The van der Waals surface area contributed by atoms with Crippen LogP contribution in [0.3, 0.4) is 0 Å². The normalized spacial score (nSPS) is 14.2. The fraction of sp³-hybridized carbons (Fsp3) is 0.333. The van der Waals surface area contributed by atoms with E-state index in [9.17, 15) is 0 Å². The van der Waals surface area contributed by atoms with Gasteiger partial charge in [-0.05, 0) is 44.5 Å². The molecule has 0 aliphatic rings. The summed E-state index contributed by atoms with van der Waals surface area (Å²) >= 11 is 0. The lowest BCUT2D eigenvalue weighted by molar-refractivity contribution is 0.152.